The van der Waals surface area contributed by atoms with Gasteiger partial charge in [-0.2, -0.15) is 0 Å². The fourth-order valence-corrected chi connectivity index (χ4v) is 4.29. The van der Waals surface area contributed by atoms with Crippen LogP contribution in [0.1, 0.15) is 37.3 Å². The smallest absolute Gasteiger partial charge is 0.151 e. The Kier molecular flexibility index (Phi) is 9.51. The number of aliphatic imine (C=N–C) groups is 2. The molecule has 1 aromatic rings. The van der Waals surface area contributed by atoms with Crippen LogP contribution in [0.2, 0.25) is 0 Å². The van der Waals surface area contributed by atoms with Crippen molar-refractivity contribution in [2.45, 2.75) is 39.3 Å². The van der Waals surface area contributed by atoms with Gasteiger partial charge in [-0.1, -0.05) is 31.9 Å². The number of hydrogen-bond acceptors (Lipinski definition) is 7. The second-order valence-corrected chi connectivity index (χ2v) is 8.77. The lowest BCUT2D eigenvalue weighted by Gasteiger charge is -2.32. The standard InChI is InChI=1S/C26H40N6O/c1-6-7-8-12-29-26(28-3)25-23(27-2)11-13-32(25)20-22-10-9-21(18-24(22)33-5)19-31-16-14-30(4)15-17-31/h9-11,13,18,29H,3,6-8,12,14-17,19-20H2,1-2,4-5H3/b26-25-,27-23-. The van der Waals surface area contributed by atoms with Gasteiger partial charge < -0.3 is 19.9 Å². The van der Waals surface area contributed by atoms with Gasteiger partial charge in [0.05, 0.1) is 19.4 Å². The van der Waals surface area contributed by atoms with Crippen molar-refractivity contribution < 1.29 is 4.74 Å². The van der Waals surface area contributed by atoms with Gasteiger partial charge in [-0.15, -0.1) is 0 Å². The summed E-state index contributed by atoms with van der Waals surface area (Å²) in [6.45, 7) is 13.0. The summed E-state index contributed by atoms with van der Waals surface area (Å²) in [5, 5.41) is 3.46. The minimum atomic E-state index is 0.679. The van der Waals surface area contributed by atoms with Crippen LogP contribution in [0.15, 0.2) is 52.0 Å². The van der Waals surface area contributed by atoms with E-state index >= 15 is 0 Å². The Morgan fingerprint density at radius 1 is 1.15 bits per heavy atom. The van der Waals surface area contributed by atoms with E-state index in [1.807, 2.05) is 13.1 Å². The van der Waals surface area contributed by atoms with Crippen molar-refractivity contribution in [1.82, 2.24) is 20.0 Å². The number of hydrogen-bond donors (Lipinski definition) is 1. The normalized spacial score (nSPS) is 19.9. The van der Waals surface area contributed by atoms with E-state index in [0.717, 1.165) is 74.2 Å². The molecule has 1 fully saturated rings. The molecule has 1 N–H and O–H groups in total. The maximum atomic E-state index is 5.79. The van der Waals surface area contributed by atoms with Crippen LogP contribution in [0, 0.1) is 0 Å². The number of nitrogens with one attached hydrogen (secondary N) is 1. The van der Waals surface area contributed by atoms with Crippen LogP contribution in [0.5, 0.6) is 5.75 Å². The zero-order valence-corrected chi connectivity index (χ0v) is 20.8. The first-order valence-electron chi connectivity index (χ1n) is 12.0. The zero-order chi connectivity index (χ0) is 23.6. The monoisotopic (exact) mass is 452 g/mol. The molecule has 7 heteroatoms. The van der Waals surface area contributed by atoms with Crippen molar-refractivity contribution in [2.75, 3.05) is 53.9 Å². The number of nitrogens with zero attached hydrogens (tertiary/aromatic N) is 5. The molecule has 1 saturated heterocycles. The minimum Gasteiger partial charge on any atom is -0.496 e. The van der Waals surface area contributed by atoms with Crippen molar-refractivity contribution in [2.24, 2.45) is 9.98 Å². The third-order valence-corrected chi connectivity index (χ3v) is 6.33. The first-order valence-corrected chi connectivity index (χ1v) is 12.0. The summed E-state index contributed by atoms with van der Waals surface area (Å²) in [6.07, 6.45) is 7.59. The molecule has 0 bridgehead atoms. The molecule has 3 rings (SSSR count). The highest BCUT2D eigenvalue weighted by Gasteiger charge is 2.24. The Labute approximate surface area is 199 Å². The zero-order valence-electron chi connectivity index (χ0n) is 20.8. The fraction of sp³-hybridized carbons (Fsp3) is 0.538. The molecule has 0 radical (unpaired) electrons. The van der Waals surface area contributed by atoms with Gasteiger partial charge in [0, 0.05) is 58.1 Å². The summed E-state index contributed by atoms with van der Waals surface area (Å²) in [7, 11) is 5.75. The molecule has 7 nitrogen and oxygen atoms in total. The maximum absolute atomic E-state index is 5.79. The van der Waals surface area contributed by atoms with E-state index in [9.17, 15) is 0 Å². The minimum absolute atomic E-state index is 0.679. The number of piperazine rings is 1. The van der Waals surface area contributed by atoms with E-state index in [1.54, 1.807) is 7.11 Å². The van der Waals surface area contributed by atoms with E-state index < -0.39 is 0 Å². The highest BCUT2D eigenvalue weighted by molar-refractivity contribution is 6.10. The summed E-state index contributed by atoms with van der Waals surface area (Å²) in [5.74, 6) is 1.70. The Morgan fingerprint density at radius 2 is 1.94 bits per heavy atom. The van der Waals surface area contributed by atoms with E-state index in [-0.39, 0.29) is 0 Å². The highest BCUT2D eigenvalue weighted by Crippen LogP contribution is 2.28. The topological polar surface area (TPSA) is 55.7 Å². The average Bonchev–Trinajstić information content (AvgIpc) is 3.24. The van der Waals surface area contributed by atoms with Gasteiger partial charge in [-0.25, -0.2) is 4.99 Å². The van der Waals surface area contributed by atoms with Crippen LogP contribution in [-0.4, -0.2) is 81.1 Å². The molecule has 1 aromatic carbocycles. The number of methoxy groups -OCH3 is 1. The van der Waals surface area contributed by atoms with Gasteiger partial charge in [0.25, 0.3) is 0 Å². The van der Waals surface area contributed by atoms with Gasteiger partial charge in [-0.3, -0.25) is 9.89 Å². The average molecular weight is 453 g/mol. The second kappa shape index (κ2) is 12.6. The van der Waals surface area contributed by atoms with Crippen molar-refractivity contribution in [3.8, 4) is 5.75 Å². The molecule has 2 heterocycles. The number of likely N-dealkylation sites (N-methyl/N-ethyl adjacent to an activating group) is 1. The van der Waals surface area contributed by atoms with E-state index in [1.165, 1.54) is 18.4 Å². The van der Waals surface area contributed by atoms with Crippen molar-refractivity contribution in [1.29, 1.82) is 0 Å². The summed E-state index contributed by atoms with van der Waals surface area (Å²) < 4.78 is 5.79. The number of allylic oxidation sites excluding steroid dienone is 1. The van der Waals surface area contributed by atoms with Crippen LogP contribution in [0.3, 0.4) is 0 Å². The van der Waals surface area contributed by atoms with E-state index in [4.69, 9.17) is 4.74 Å². The second-order valence-electron chi connectivity index (χ2n) is 8.77. The summed E-state index contributed by atoms with van der Waals surface area (Å²) in [6, 6.07) is 6.59. The third kappa shape index (κ3) is 6.68. The number of rotatable bonds is 11. The molecule has 2 aliphatic rings. The highest BCUT2D eigenvalue weighted by atomic mass is 16.5. The lowest BCUT2D eigenvalue weighted by atomic mass is 10.1. The first kappa shape index (κ1) is 25.0. The maximum Gasteiger partial charge on any atom is 0.151 e. The number of benzene rings is 1. The van der Waals surface area contributed by atoms with Crippen LogP contribution in [-0.2, 0) is 13.1 Å². The Morgan fingerprint density at radius 3 is 2.61 bits per heavy atom. The van der Waals surface area contributed by atoms with E-state index in [2.05, 4.69) is 75.1 Å². The molecule has 0 amide bonds. The molecule has 0 saturated carbocycles. The lowest BCUT2D eigenvalue weighted by Crippen LogP contribution is -2.43. The summed E-state index contributed by atoms with van der Waals surface area (Å²) >= 11 is 0. The van der Waals surface area contributed by atoms with Gasteiger partial charge in [0.2, 0.25) is 0 Å². The quantitative estimate of drug-likeness (QED) is 0.411. The van der Waals surface area contributed by atoms with Gasteiger partial charge in [0.15, 0.2) is 5.82 Å². The lowest BCUT2D eigenvalue weighted by molar-refractivity contribution is 0.148. The predicted octanol–water partition coefficient (Wildman–Crippen LogP) is 3.49. The molecule has 0 spiro atoms. The van der Waals surface area contributed by atoms with Crippen LogP contribution in [0.25, 0.3) is 0 Å². The molecular weight excluding hydrogens is 412 g/mol. The van der Waals surface area contributed by atoms with Gasteiger partial charge >= 0.3 is 0 Å². The van der Waals surface area contributed by atoms with Crippen LogP contribution in [0.4, 0.5) is 0 Å². The third-order valence-electron chi connectivity index (χ3n) is 6.33. The number of ether oxygens (including phenoxy) is 1. The van der Waals surface area contributed by atoms with E-state index in [0.29, 0.717) is 6.54 Å². The molecule has 0 atom stereocenters. The number of unbranched alkanes of at least 4 members (excludes halogenated alkanes) is 2. The van der Waals surface area contributed by atoms with Gasteiger partial charge in [-0.05, 0) is 37.9 Å². The Balaban J connectivity index is 1.75. The summed E-state index contributed by atoms with van der Waals surface area (Å²) in [5.41, 5.74) is 4.29. The molecule has 0 aliphatic carbocycles. The summed E-state index contributed by atoms with van der Waals surface area (Å²) in [4.78, 5) is 15.8. The molecule has 0 unspecified atom stereocenters. The van der Waals surface area contributed by atoms with Gasteiger partial charge in [0.1, 0.15) is 11.4 Å². The Hall–Kier alpha value is -2.64. The first-order chi connectivity index (χ1) is 16.1. The molecule has 0 aromatic heterocycles. The Bertz CT molecular complexity index is 883. The molecular formula is C26H40N6O. The van der Waals surface area contributed by atoms with Crippen molar-refractivity contribution in [3.63, 3.8) is 0 Å². The van der Waals surface area contributed by atoms with Crippen molar-refractivity contribution in [3.05, 3.63) is 53.1 Å². The van der Waals surface area contributed by atoms with Crippen molar-refractivity contribution >= 4 is 12.4 Å². The fourth-order valence-electron chi connectivity index (χ4n) is 4.29. The predicted molar refractivity (Wildman–Crippen MR) is 138 cm³/mol. The van der Waals surface area contributed by atoms with Crippen LogP contribution >= 0.6 is 0 Å². The molecule has 2 aliphatic heterocycles. The van der Waals surface area contributed by atoms with Crippen LogP contribution < -0.4 is 10.1 Å². The molecule has 33 heavy (non-hydrogen) atoms. The SMILES string of the molecule is C=N/C(NCCCCC)=C1\C(=N/C)C=CN1Cc1ccc(CN2CCN(C)CC2)cc1OC. The largest absolute Gasteiger partial charge is 0.496 e. The molecule has 180 valence electrons.